The van der Waals surface area contributed by atoms with E-state index in [1.807, 2.05) is 12.1 Å². The van der Waals surface area contributed by atoms with Gasteiger partial charge in [-0.2, -0.15) is 22.8 Å². The maximum atomic E-state index is 13.3. The summed E-state index contributed by atoms with van der Waals surface area (Å²) in [4.78, 5) is 16.8. The van der Waals surface area contributed by atoms with E-state index in [0.717, 1.165) is 11.6 Å². The number of nitrogens with two attached hydrogens (primary N) is 1. The Bertz CT molecular complexity index is 1100. The number of amides is 2. The molecular weight excluding hydrogens is 489 g/mol. The minimum absolute atomic E-state index is 0.0359. The molecule has 2 unspecified atom stereocenters. The summed E-state index contributed by atoms with van der Waals surface area (Å²) in [5.41, 5.74) is 5.41. The van der Waals surface area contributed by atoms with Crippen molar-refractivity contribution in [2.24, 2.45) is 5.73 Å². The Balaban J connectivity index is 1.62. The summed E-state index contributed by atoms with van der Waals surface area (Å²) >= 11 is 9.09. The van der Waals surface area contributed by atoms with Gasteiger partial charge in [0.1, 0.15) is 10.4 Å². The number of primary amides is 1. The summed E-state index contributed by atoms with van der Waals surface area (Å²) in [5.74, 6) is 0.0650. The molecule has 158 valence electrons. The molecule has 3 N–H and O–H groups in total. The average Bonchev–Trinajstić information content (AvgIpc) is 3.02. The number of fused-ring (bicyclic) bond motifs is 1. The first-order valence-corrected chi connectivity index (χ1v) is 9.99. The molecule has 0 spiro atoms. The number of hydrogen-bond acceptors (Lipinski definition) is 4. The number of benzene rings is 1. The van der Waals surface area contributed by atoms with Gasteiger partial charge in [-0.05, 0) is 33.6 Å². The van der Waals surface area contributed by atoms with Crippen LogP contribution in [0, 0.1) is 0 Å². The fourth-order valence-corrected chi connectivity index (χ4v) is 4.01. The number of anilines is 1. The molecule has 0 radical (unpaired) electrons. The molecule has 1 saturated heterocycles. The van der Waals surface area contributed by atoms with Crippen LogP contribution in [0.5, 0.6) is 0 Å². The standard InChI is InChI=1S/C18H15BrClF3N6O/c19-14-6-16-26-13(18(21,22)23)5-15(29(16)27-14)25-7-12-11(8-28(12)17(24)30)9-1-3-10(20)4-2-9/h1-6,11-12,25H,7-8H2,(H2,24,30). The molecule has 3 heterocycles. The summed E-state index contributed by atoms with van der Waals surface area (Å²) in [6.07, 6.45) is -4.61. The van der Waals surface area contributed by atoms with Crippen molar-refractivity contribution in [1.82, 2.24) is 19.5 Å². The lowest BCUT2D eigenvalue weighted by Gasteiger charge is -2.47. The minimum atomic E-state index is -4.61. The van der Waals surface area contributed by atoms with Crippen molar-refractivity contribution in [1.29, 1.82) is 0 Å². The Hall–Kier alpha value is -2.53. The molecule has 1 aliphatic heterocycles. The maximum Gasteiger partial charge on any atom is 0.433 e. The summed E-state index contributed by atoms with van der Waals surface area (Å²) in [6, 6.07) is 8.54. The van der Waals surface area contributed by atoms with E-state index in [-0.39, 0.29) is 30.0 Å². The number of nitrogens with zero attached hydrogens (tertiary/aromatic N) is 4. The van der Waals surface area contributed by atoms with Crippen molar-refractivity contribution < 1.29 is 18.0 Å². The topological polar surface area (TPSA) is 88.5 Å². The minimum Gasteiger partial charge on any atom is -0.368 e. The lowest BCUT2D eigenvalue weighted by atomic mass is 9.82. The van der Waals surface area contributed by atoms with Crippen molar-refractivity contribution in [3.8, 4) is 0 Å². The smallest absolute Gasteiger partial charge is 0.368 e. The van der Waals surface area contributed by atoms with Crippen molar-refractivity contribution >= 4 is 45.0 Å². The van der Waals surface area contributed by atoms with Crippen molar-refractivity contribution in [3.63, 3.8) is 0 Å². The second-order valence-corrected chi connectivity index (χ2v) is 8.11. The third kappa shape index (κ3) is 3.91. The van der Waals surface area contributed by atoms with E-state index in [1.54, 1.807) is 12.1 Å². The summed E-state index contributed by atoms with van der Waals surface area (Å²) in [5, 5.41) is 7.68. The number of carbonyl (C=O) groups excluding carboxylic acids is 1. The Morgan fingerprint density at radius 2 is 2.00 bits per heavy atom. The maximum absolute atomic E-state index is 13.3. The van der Waals surface area contributed by atoms with Crippen LogP contribution < -0.4 is 11.1 Å². The molecule has 2 atom stereocenters. The van der Waals surface area contributed by atoms with Crippen molar-refractivity contribution in [2.45, 2.75) is 18.1 Å². The van der Waals surface area contributed by atoms with Gasteiger partial charge in [0.2, 0.25) is 0 Å². The second-order valence-electron chi connectivity index (χ2n) is 6.86. The monoisotopic (exact) mass is 502 g/mol. The summed E-state index contributed by atoms with van der Waals surface area (Å²) < 4.78 is 41.4. The quantitative estimate of drug-likeness (QED) is 0.561. The van der Waals surface area contributed by atoms with Gasteiger partial charge in [-0.3, -0.25) is 0 Å². The highest BCUT2D eigenvalue weighted by molar-refractivity contribution is 9.10. The first-order valence-electron chi connectivity index (χ1n) is 8.82. The predicted molar refractivity (Wildman–Crippen MR) is 108 cm³/mol. The molecule has 1 aliphatic rings. The average molecular weight is 504 g/mol. The third-order valence-electron chi connectivity index (χ3n) is 5.02. The molecule has 0 bridgehead atoms. The van der Waals surface area contributed by atoms with Gasteiger partial charge in [0, 0.05) is 36.2 Å². The molecule has 3 aromatic rings. The fraction of sp³-hybridized carbons (Fsp3) is 0.278. The van der Waals surface area contributed by atoms with Crippen molar-refractivity contribution in [2.75, 3.05) is 18.4 Å². The molecule has 7 nitrogen and oxygen atoms in total. The van der Waals surface area contributed by atoms with E-state index in [9.17, 15) is 18.0 Å². The molecule has 2 aromatic heterocycles. The zero-order valence-corrected chi connectivity index (χ0v) is 17.5. The van der Waals surface area contributed by atoms with Gasteiger partial charge in [-0.15, -0.1) is 0 Å². The number of hydrogen-bond donors (Lipinski definition) is 2. The lowest BCUT2D eigenvalue weighted by molar-refractivity contribution is -0.141. The van der Waals surface area contributed by atoms with Crippen molar-refractivity contribution in [3.05, 3.63) is 57.3 Å². The van der Waals surface area contributed by atoms with Crippen LogP contribution in [0.1, 0.15) is 17.2 Å². The lowest BCUT2D eigenvalue weighted by Crippen LogP contribution is -2.61. The van der Waals surface area contributed by atoms with Crippen LogP contribution in [-0.2, 0) is 6.18 Å². The van der Waals surface area contributed by atoms with Gasteiger partial charge in [0.15, 0.2) is 11.3 Å². The number of rotatable bonds is 4. The molecule has 0 saturated carbocycles. The number of halogens is 5. The van der Waals surface area contributed by atoms with Crippen LogP contribution in [0.4, 0.5) is 23.8 Å². The van der Waals surface area contributed by atoms with E-state index in [4.69, 9.17) is 17.3 Å². The number of carbonyl (C=O) groups is 1. The number of likely N-dealkylation sites (tertiary alicyclic amines) is 1. The fourth-order valence-electron chi connectivity index (χ4n) is 3.52. The molecule has 30 heavy (non-hydrogen) atoms. The number of nitrogens with one attached hydrogen (secondary N) is 1. The van der Waals surface area contributed by atoms with Crippen LogP contribution in [0.15, 0.2) is 41.0 Å². The number of alkyl halides is 3. The van der Waals surface area contributed by atoms with E-state index in [2.05, 4.69) is 31.3 Å². The van der Waals surface area contributed by atoms with E-state index in [1.165, 1.54) is 15.5 Å². The van der Waals surface area contributed by atoms with Gasteiger partial charge < -0.3 is 16.0 Å². The molecule has 12 heteroatoms. The molecular formula is C18H15BrClF3N6O. The summed E-state index contributed by atoms with van der Waals surface area (Å²) in [6.45, 7) is 0.584. The van der Waals surface area contributed by atoms with Gasteiger partial charge in [0.05, 0.1) is 6.04 Å². The highest BCUT2D eigenvalue weighted by Crippen LogP contribution is 2.35. The van der Waals surface area contributed by atoms with Gasteiger partial charge in [-0.1, -0.05) is 23.7 Å². The van der Waals surface area contributed by atoms with Crippen LogP contribution in [0.25, 0.3) is 5.65 Å². The van der Waals surface area contributed by atoms with Gasteiger partial charge >= 0.3 is 12.2 Å². The van der Waals surface area contributed by atoms with Gasteiger partial charge in [-0.25, -0.2) is 9.78 Å². The van der Waals surface area contributed by atoms with E-state index < -0.39 is 17.9 Å². The Morgan fingerprint density at radius 1 is 1.30 bits per heavy atom. The highest BCUT2D eigenvalue weighted by Gasteiger charge is 2.42. The third-order valence-corrected chi connectivity index (χ3v) is 5.66. The summed E-state index contributed by atoms with van der Waals surface area (Å²) in [7, 11) is 0. The Labute approximate surface area is 182 Å². The number of urea groups is 1. The molecule has 0 aliphatic carbocycles. The molecule has 1 fully saturated rings. The largest absolute Gasteiger partial charge is 0.433 e. The van der Waals surface area contributed by atoms with Crippen LogP contribution in [0.2, 0.25) is 5.02 Å². The zero-order chi connectivity index (χ0) is 21.6. The van der Waals surface area contributed by atoms with E-state index in [0.29, 0.717) is 16.2 Å². The molecule has 2 amide bonds. The number of aromatic nitrogens is 3. The zero-order valence-electron chi connectivity index (χ0n) is 15.2. The Kier molecular flexibility index (Phi) is 5.27. The Morgan fingerprint density at radius 3 is 2.63 bits per heavy atom. The first-order chi connectivity index (χ1) is 14.1. The second kappa shape index (κ2) is 7.62. The van der Waals surface area contributed by atoms with Crippen LogP contribution in [-0.4, -0.2) is 44.7 Å². The first kappa shape index (κ1) is 20.7. The normalized spacial score (nSPS) is 19.0. The van der Waals surface area contributed by atoms with Crippen LogP contribution in [0.3, 0.4) is 0 Å². The highest BCUT2D eigenvalue weighted by atomic mass is 79.9. The van der Waals surface area contributed by atoms with Crippen LogP contribution >= 0.6 is 27.5 Å². The predicted octanol–water partition coefficient (Wildman–Crippen LogP) is 4.12. The molecule has 4 rings (SSSR count). The SMILES string of the molecule is NC(=O)N1CC(c2ccc(Cl)cc2)C1CNc1cc(C(F)(F)F)nc2cc(Br)nn12. The molecule has 1 aromatic carbocycles. The van der Waals surface area contributed by atoms with Gasteiger partial charge in [0.25, 0.3) is 0 Å². The van der Waals surface area contributed by atoms with E-state index >= 15 is 0 Å².